The maximum atomic E-state index is 8.80. The van der Waals surface area contributed by atoms with E-state index in [1.54, 1.807) is 0 Å². The van der Waals surface area contributed by atoms with Crippen molar-refractivity contribution in [2.75, 3.05) is 0 Å². The molecule has 0 aliphatic carbocycles. The number of hydrogen-bond donors (Lipinski definition) is 1. The summed E-state index contributed by atoms with van der Waals surface area (Å²) >= 11 is 0. The lowest BCUT2D eigenvalue weighted by Crippen LogP contribution is -2.25. The van der Waals surface area contributed by atoms with Crippen LogP contribution in [0.3, 0.4) is 0 Å². The van der Waals surface area contributed by atoms with E-state index in [0.717, 1.165) is 0 Å². The summed E-state index contributed by atoms with van der Waals surface area (Å²) in [4.78, 5) is 0. The summed E-state index contributed by atoms with van der Waals surface area (Å²) in [5, 5.41) is 8.80. The Morgan fingerprint density at radius 2 is 2.12 bits per heavy atom. The third-order valence-electron chi connectivity index (χ3n) is 0.793. The van der Waals surface area contributed by atoms with Gasteiger partial charge in [0.25, 0.3) is 0 Å². The van der Waals surface area contributed by atoms with E-state index >= 15 is 0 Å². The summed E-state index contributed by atoms with van der Waals surface area (Å²) in [6.45, 7) is 6.63. The van der Waals surface area contributed by atoms with E-state index in [9.17, 15) is 0 Å². The molecule has 0 amide bonds. The number of rotatable bonds is 3. The van der Waals surface area contributed by atoms with Crippen molar-refractivity contribution in [1.29, 1.82) is 0 Å². The minimum atomic E-state index is -1.51. The highest BCUT2D eigenvalue weighted by Gasteiger charge is 2.12. The van der Waals surface area contributed by atoms with Crippen molar-refractivity contribution >= 4 is 0 Å². The van der Waals surface area contributed by atoms with Crippen molar-refractivity contribution in [3.63, 3.8) is 0 Å². The zero-order valence-corrected chi connectivity index (χ0v) is 4.72. The molecule has 0 rings (SSSR count). The Morgan fingerprint density at radius 1 is 1.62 bits per heavy atom. The second kappa shape index (κ2) is 2.64. The van der Waals surface area contributed by atoms with E-state index in [1.165, 1.54) is 12.2 Å². The highest BCUT2D eigenvalue weighted by Crippen LogP contribution is 2.04. The minimum Gasteiger partial charge on any atom is -0.371 e. The van der Waals surface area contributed by atoms with E-state index in [1.807, 2.05) is 0 Å². The summed E-state index contributed by atoms with van der Waals surface area (Å²) < 4.78 is 0. The quantitative estimate of drug-likeness (QED) is 0.537. The maximum Gasteiger partial charge on any atom is 0.150 e. The van der Waals surface area contributed by atoms with Crippen LogP contribution < -0.4 is 5.73 Å². The van der Waals surface area contributed by atoms with Gasteiger partial charge in [0.1, 0.15) is 0 Å². The van der Waals surface area contributed by atoms with E-state index in [-0.39, 0.29) is 6.42 Å². The Bertz CT molecular complexity index is 96.7. The van der Waals surface area contributed by atoms with Crippen molar-refractivity contribution < 1.29 is 5.11 Å². The molecule has 0 aromatic carbocycles. The standard InChI is InChI=1S/C6H10NO/c1-3-5-6(7,8)4-2/h3-4,7-8H,1-2,5H2. The van der Waals surface area contributed by atoms with Crippen LogP contribution in [0.5, 0.6) is 0 Å². The molecule has 0 bridgehead atoms. The van der Waals surface area contributed by atoms with Gasteiger partial charge in [-0.05, 0) is 6.08 Å². The average Bonchev–Trinajstić information content (AvgIpc) is 1.67. The van der Waals surface area contributed by atoms with E-state index in [4.69, 9.17) is 10.8 Å². The predicted molar refractivity (Wildman–Crippen MR) is 33.1 cm³/mol. The lowest BCUT2D eigenvalue weighted by molar-refractivity contribution is 0.0939. The molecule has 0 spiro atoms. The third-order valence-corrected chi connectivity index (χ3v) is 0.793. The largest absolute Gasteiger partial charge is 0.371 e. The van der Waals surface area contributed by atoms with E-state index < -0.39 is 5.72 Å². The van der Waals surface area contributed by atoms with E-state index in [2.05, 4.69) is 13.2 Å². The Morgan fingerprint density at radius 3 is 2.25 bits per heavy atom. The summed E-state index contributed by atoms with van der Waals surface area (Å²) in [7, 11) is 0. The summed E-state index contributed by atoms with van der Waals surface area (Å²) in [5.74, 6) is 0. The van der Waals surface area contributed by atoms with Crippen molar-refractivity contribution in [3.05, 3.63) is 25.3 Å². The van der Waals surface area contributed by atoms with Gasteiger partial charge in [0.05, 0.1) is 0 Å². The summed E-state index contributed by atoms with van der Waals surface area (Å²) in [6.07, 6.45) is 2.89. The molecule has 0 aromatic rings. The first-order valence-electron chi connectivity index (χ1n) is 2.34. The van der Waals surface area contributed by atoms with Crippen molar-refractivity contribution in [3.8, 4) is 0 Å². The van der Waals surface area contributed by atoms with Gasteiger partial charge in [-0.3, -0.25) is 0 Å². The monoisotopic (exact) mass is 112 g/mol. The molecule has 1 unspecified atom stereocenters. The van der Waals surface area contributed by atoms with Gasteiger partial charge >= 0.3 is 0 Å². The zero-order chi connectivity index (χ0) is 6.62. The van der Waals surface area contributed by atoms with Gasteiger partial charge in [-0.25, -0.2) is 5.73 Å². The second-order valence-corrected chi connectivity index (χ2v) is 1.62. The molecule has 0 saturated heterocycles. The molecule has 0 heterocycles. The smallest absolute Gasteiger partial charge is 0.150 e. The molecule has 1 atom stereocenters. The fourth-order valence-corrected chi connectivity index (χ4v) is 0.303. The highest BCUT2D eigenvalue weighted by atomic mass is 16.3. The number of hydrogen-bond acceptors (Lipinski definition) is 1. The highest BCUT2D eigenvalue weighted by molar-refractivity contribution is 4.94. The topological polar surface area (TPSA) is 44.0 Å². The molecule has 0 aliphatic rings. The molecule has 0 aliphatic heterocycles. The van der Waals surface area contributed by atoms with Crippen LogP contribution in [0.15, 0.2) is 25.3 Å². The van der Waals surface area contributed by atoms with Crippen LogP contribution >= 0.6 is 0 Å². The third kappa shape index (κ3) is 2.55. The lowest BCUT2D eigenvalue weighted by Gasteiger charge is -2.12. The van der Waals surface area contributed by atoms with Gasteiger partial charge in [0.2, 0.25) is 0 Å². The summed E-state index contributed by atoms with van der Waals surface area (Å²) in [5.41, 5.74) is 5.43. The van der Waals surface area contributed by atoms with E-state index in [0.29, 0.717) is 0 Å². The average molecular weight is 112 g/mol. The predicted octanol–water partition coefficient (Wildman–Crippen LogP) is 0.720. The molecule has 8 heavy (non-hydrogen) atoms. The van der Waals surface area contributed by atoms with Crippen LogP contribution in [0.25, 0.3) is 0 Å². The fourth-order valence-electron chi connectivity index (χ4n) is 0.303. The number of aliphatic hydroxyl groups is 1. The van der Waals surface area contributed by atoms with Gasteiger partial charge < -0.3 is 5.11 Å². The molecular formula is C6H10NO. The first kappa shape index (κ1) is 7.40. The van der Waals surface area contributed by atoms with Crippen LogP contribution in [-0.2, 0) is 0 Å². The summed E-state index contributed by atoms with van der Waals surface area (Å²) in [6, 6.07) is 0. The molecule has 1 radical (unpaired) electrons. The first-order valence-corrected chi connectivity index (χ1v) is 2.34. The van der Waals surface area contributed by atoms with Crippen molar-refractivity contribution in [2.24, 2.45) is 0 Å². The molecule has 0 saturated carbocycles. The van der Waals surface area contributed by atoms with Crippen molar-refractivity contribution in [1.82, 2.24) is 5.73 Å². The maximum absolute atomic E-state index is 8.80. The van der Waals surface area contributed by atoms with Crippen LogP contribution in [0, 0.1) is 0 Å². The second-order valence-electron chi connectivity index (χ2n) is 1.62. The van der Waals surface area contributed by atoms with Gasteiger partial charge in [0, 0.05) is 6.42 Å². The van der Waals surface area contributed by atoms with Crippen LogP contribution in [0.1, 0.15) is 6.42 Å². The van der Waals surface area contributed by atoms with Crippen LogP contribution in [0.2, 0.25) is 0 Å². The normalized spacial score (nSPS) is 16.8. The minimum absolute atomic E-state index is 0.233. The fraction of sp³-hybridized carbons (Fsp3) is 0.333. The molecule has 45 valence electrons. The Kier molecular flexibility index (Phi) is 2.45. The Labute approximate surface area is 49.3 Å². The Hall–Kier alpha value is -0.600. The molecular weight excluding hydrogens is 102 g/mol. The van der Waals surface area contributed by atoms with Crippen LogP contribution in [0.4, 0.5) is 0 Å². The van der Waals surface area contributed by atoms with Crippen molar-refractivity contribution in [2.45, 2.75) is 12.1 Å². The lowest BCUT2D eigenvalue weighted by atomic mass is 10.1. The van der Waals surface area contributed by atoms with Gasteiger partial charge in [-0.15, -0.1) is 6.58 Å². The van der Waals surface area contributed by atoms with Crippen LogP contribution in [-0.4, -0.2) is 10.8 Å². The first-order chi connectivity index (χ1) is 3.62. The molecule has 2 heteroatoms. The van der Waals surface area contributed by atoms with Gasteiger partial charge in [0.15, 0.2) is 5.72 Å². The molecule has 0 aromatic heterocycles. The molecule has 2 nitrogen and oxygen atoms in total. The van der Waals surface area contributed by atoms with Gasteiger partial charge in [-0.1, -0.05) is 12.7 Å². The number of nitrogens with one attached hydrogen (secondary N) is 1. The zero-order valence-electron chi connectivity index (χ0n) is 4.72. The van der Waals surface area contributed by atoms with Gasteiger partial charge in [-0.2, -0.15) is 0 Å². The Balaban J connectivity index is 3.70. The SMILES string of the molecule is C=CCC([NH])(O)C=C. The molecule has 0 fully saturated rings. The molecule has 2 N–H and O–H groups in total.